The van der Waals surface area contributed by atoms with Crippen LogP contribution < -0.4 is 10.5 Å². The van der Waals surface area contributed by atoms with Crippen molar-refractivity contribution in [1.82, 2.24) is 18.8 Å². The molecule has 2 aliphatic rings. The van der Waals surface area contributed by atoms with E-state index in [2.05, 4.69) is 10.2 Å². The molecule has 0 radical (unpaired) electrons. The second-order valence-corrected chi connectivity index (χ2v) is 8.76. The Balaban J connectivity index is 1.55. The second kappa shape index (κ2) is 7.41. The van der Waals surface area contributed by atoms with Crippen LogP contribution >= 0.6 is 0 Å². The van der Waals surface area contributed by atoms with Crippen molar-refractivity contribution in [2.24, 2.45) is 0 Å². The molecule has 2 saturated heterocycles. The van der Waals surface area contributed by atoms with E-state index in [4.69, 9.17) is 0 Å². The van der Waals surface area contributed by atoms with Crippen LogP contribution in [0.1, 0.15) is 12.8 Å². The first kappa shape index (κ1) is 18.1. The molecule has 0 atom stereocenters. The van der Waals surface area contributed by atoms with E-state index >= 15 is 0 Å². The van der Waals surface area contributed by atoms with Crippen LogP contribution in [-0.2, 0) is 10.2 Å². The van der Waals surface area contributed by atoms with Gasteiger partial charge in [-0.2, -0.15) is 22.1 Å². The third-order valence-corrected chi connectivity index (χ3v) is 7.17. The number of hydrogen-bond donors (Lipinski definition) is 1. The van der Waals surface area contributed by atoms with Crippen LogP contribution in [0.4, 0.5) is 5.69 Å². The van der Waals surface area contributed by atoms with Crippen molar-refractivity contribution in [1.29, 1.82) is 0 Å². The number of hydrogen-bond acceptors (Lipinski definition) is 5. The van der Waals surface area contributed by atoms with E-state index in [1.807, 2.05) is 35.2 Å². The average Bonchev–Trinajstić information content (AvgIpc) is 3.24. The quantitative estimate of drug-likeness (QED) is 0.839. The first-order valence-corrected chi connectivity index (χ1v) is 10.6. The number of anilines is 1. The summed E-state index contributed by atoms with van der Waals surface area (Å²) < 4.78 is 28.6. The van der Waals surface area contributed by atoms with E-state index in [0.29, 0.717) is 45.0 Å². The van der Waals surface area contributed by atoms with Crippen LogP contribution in [0.15, 0.2) is 41.2 Å². The van der Waals surface area contributed by atoms with E-state index in [9.17, 15) is 13.2 Å². The molecule has 27 heavy (non-hydrogen) atoms. The van der Waals surface area contributed by atoms with Crippen molar-refractivity contribution in [3.05, 3.63) is 46.8 Å². The lowest BCUT2D eigenvalue weighted by molar-refractivity contribution is 0.343. The third kappa shape index (κ3) is 3.62. The van der Waals surface area contributed by atoms with E-state index in [1.165, 1.54) is 0 Å². The molecule has 1 aromatic heterocycles. The molecule has 3 heterocycles. The smallest absolute Gasteiger partial charge is 0.282 e. The van der Waals surface area contributed by atoms with Crippen LogP contribution in [0, 0.1) is 0 Å². The standard InChI is InChI=1S/C18H23N5O3S/c24-17-14-16(18(20-19-17)15-6-2-1-3-7-15)21-10-12-23(13-11-21)27(25,26)22-8-4-5-9-22/h1-3,6-7,14H,4-5,8-13H2,(H,19,24). The monoisotopic (exact) mass is 389 g/mol. The molecule has 0 saturated carbocycles. The number of nitrogens with zero attached hydrogens (tertiary/aromatic N) is 4. The van der Waals surface area contributed by atoms with Gasteiger partial charge in [-0.1, -0.05) is 30.3 Å². The molecule has 0 unspecified atom stereocenters. The number of benzene rings is 1. The lowest BCUT2D eigenvalue weighted by atomic mass is 10.1. The van der Waals surface area contributed by atoms with Gasteiger partial charge in [-0.05, 0) is 12.8 Å². The van der Waals surface area contributed by atoms with Crippen molar-refractivity contribution in [2.75, 3.05) is 44.2 Å². The number of H-pyrrole nitrogens is 1. The second-order valence-electron chi connectivity index (χ2n) is 6.83. The zero-order valence-electron chi connectivity index (χ0n) is 15.0. The summed E-state index contributed by atoms with van der Waals surface area (Å²) in [6.07, 6.45) is 1.86. The molecule has 9 heteroatoms. The van der Waals surface area contributed by atoms with Crippen molar-refractivity contribution in [3.8, 4) is 11.3 Å². The Morgan fingerprint density at radius 2 is 1.52 bits per heavy atom. The van der Waals surface area contributed by atoms with Gasteiger partial charge in [0.25, 0.3) is 15.8 Å². The van der Waals surface area contributed by atoms with E-state index in [1.54, 1.807) is 14.7 Å². The molecule has 0 bridgehead atoms. The van der Waals surface area contributed by atoms with Crippen LogP contribution in [0.5, 0.6) is 0 Å². The normalized spacial score (nSPS) is 19.5. The highest BCUT2D eigenvalue weighted by Gasteiger charge is 2.34. The fourth-order valence-electron chi connectivity index (χ4n) is 3.68. The molecule has 4 rings (SSSR count). The molecule has 2 aromatic rings. The fourth-order valence-corrected chi connectivity index (χ4v) is 5.36. The van der Waals surface area contributed by atoms with Crippen molar-refractivity contribution >= 4 is 15.9 Å². The molecule has 1 N–H and O–H groups in total. The molecular formula is C18H23N5O3S. The molecule has 0 amide bonds. The van der Waals surface area contributed by atoms with Crippen LogP contribution in [0.25, 0.3) is 11.3 Å². The van der Waals surface area contributed by atoms with Gasteiger partial charge in [-0.25, -0.2) is 5.10 Å². The Kier molecular flexibility index (Phi) is 4.98. The van der Waals surface area contributed by atoms with E-state index < -0.39 is 10.2 Å². The molecule has 2 aliphatic heterocycles. The SMILES string of the molecule is O=c1cc(N2CCN(S(=O)(=O)N3CCCC3)CC2)c(-c2ccccc2)n[nH]1. The van der Waals surface area contributed by atoms with Gasteiger partial charge in [0, 0.05) is 50.9 Å². The largest absolute Gasteiger partial charge is 0.367 e. The zero-order valence-corrected chi connectivity index (χ0v) is 15.9. The first-order chi connectivity index (χ1) is 13.1. The molecule has 0 spiro atoms. The lowest BCUT2D eigenvalue weighted by Gasteiger charge is -2.37. The average molecular weight is 389 g/mol. The van der Waals surface area contributed by atoms with Crippen LogP contribution in [-0.4, -0.2) is 66.5 Å². The minimum absolute atomic E-state index is 0.267. The van der Waals surface area contributed by atoms with Crippen molar-refractivity contribution in [2.45, 2.75) is 12.8 Å². The van der Waals surface area contributed by atoms with Gasteiger partial charge in [-0.15, -0.1) is 0 Å². The summed E-state index contributed by atoms with van der Waals surface area (Å²) in [4.78, 5) is 13.9. The maximum absolute atomic E-state index is 12.7. The molecule has 2 fully saturated rings. The summed E-state index contributed by atoms with van der Waals surface area (Å²) in [6, 6.07) is 11.2. The van der Waals surface area contributed by atoms with Gasteiger partial charge in [0.15, 0.2) is 0 Å². The van der Waals surface area contributed by atoms with E-state index in [0.717, 1.165) is 24.1 Å². The number of rotatable bonds is 4. The summed E-state index contributed by atoms with van der Waals surface area (Å²) in [6.45, 7) is 3.08. The Morgan fingerprint density at radius 1 is 0.889 bits per heavy atom. The molecule has 1 aromatic carbocycles. The molecule has 8 nitrogen and oxygen atoms in total. The van der Waals surface area contributed by atoms with Gasteiger partial charge in [0.2, 0.25) is 0 Å². The lowest BCUT2D eigenvalue weighted by Crippen LogP contribution is -2.52. The minimum atomic E-state index is -3.38. The molecular weight excluding hydrogens is 366 g/mol. The summed E-state index contributed by atoms with van der Waals surface area (Å²) in [5, 5.41) is 6.74. The minimum Gasteiger partial charge on any atom is -0.367 e. The highest BCUT2D eigenvalue weighted by Crippen LogP contribution is 2.28. The summed E-state index contributed by atoms with van der Waals surface area (Å²) in [5.74, 6) is 0. The number of aromatic amines is 1. The zero-order chi connectivity index (χ0) is 18.9. The number of piperazine rings is 1. The number of nitrogens with one attached hydrogen (secondary N) is 1. The van der Waals surface area contributed by atoms with Gasteiger partial charge >= 0.3 is 0 Å². The summed E-state index contributed by atoms with van der Waals surface area (Å²) >= 11 is 0. The first-order valence-electron chi connectivity index (χ1n) is 9.21. The molecule has 144 valence electrons. The van der Waals surface area contributed by atoms with Gasteiger partial charge in [-0.3, -0.25) is 4.79 Å². The third-order valence-electron chi connectivity index (χ3n) is 5.13. The van der Waals surface area contributed by atoms with Crippen LogP contribution in [0.3, 0.4) is 0 Å². The van der Waals surface area contributed by atoms with Crippen LogP contribution in [0.2, 0.25) is 0 Å². The Morgan fingerprint density at radius 3 is 2.19 bits per heavy atom. The van der Waals surface area contributed by atoms with Gasteiger partial charge < -0.3 is 4.90 Å². The predicted molar refractivity (Wildman–Crippen MR) is 104 cm³/mol. The van der Waals surface area contributed by atoms with Crippen molar-refractivity contribution < 1.29 is 8.42 Å². The maximum Gasteiger partial charge on any atom is 0.282 e. The number of aromatic nitrogens is 2. The Labute approximate surface area is 158 Å². The summed E-state index contributed by atoms with van der Waals surface area (Å²) in [7, 11) is -3.38. The van der Waals surface area contributed by atoms with Crippen molar-refractivity contribution in [3.63, 3.8) is 0 Å². The highest BCUT2D eigenvalue weighted by molar-refractivity contribution is 7.86. The van der Waals surface area contributed by atoms with Gasteiger partial charge in [0.1, 0.15) is 5.69 Å². The summed E-state index contributed by atoms with van der Waals surface area (Å²) in [5.41, 5.74) is 2.09. The topological polar surface area (TPSA) is 89.6 Å². The fraction of sp³-hybridized carbons (Fsp3) is 0.444. The Hall–Kier alpha value is -2.23. The Bertz CT molecular complexity index is 946. The van der Waals surface area contributed by atoms with E-state index in [-0.39, 0.29) is 5.56 Å². The van der Waals surface area contributed by atoms with Gasteiger partial charge in [0.05, 0.1) is 5.69 Å². The maximum atomic E-state index is 12.7. The highest BCUT2D eigenvalue weighted by atomic mass is 32.2. The molecule has 0 aliphatic carbocycles. The predicted octanol–water partition coefficient (Wildman–Crippen LogP) is 0.899.